The van der Waals surface area contributed by atoms with Crippen LogP contribution >= 0.6 is 0 Å². The van der Waals surface area contributed by atoms with Crippen LogP contribution in [0.5, 0.6) is 0 Å². The standard InChI is InChI=1S/C17H25NO2/c1-2-4-14(5-3-1)15-6-8-16(9-7-15)18-12-17-13-19-10-11-20-17/h1-5,15-18H,6-13H2. The Labute approximate surface area is 121 Å². The first-order chi connectivity index (χ1) is 9.92. The van der Waals surface area contributed by atoms with E-state index >= 15 is 0 Å². The third kappa shape index (κ3) is 3.81. The first-order valence-electron chi connectivity index (χ1n) is 7.89. The molecule has 110 valence electrons. The van der Waals surface area contributed by atoms with Crippen LogP contribution in [-0.2, 0) is 9.47 Å². The van der Waals surface area contributed by atoms with Gasteiger partial charge in [0.1, 0.15) is 0 Å². The molecule has 20 heavy (non-hydrogen) atoms. The van der Waals surface area contributed by atoms with Gasteiger partial charge in [-0.1, -0.05) is 30.3 Å². The van der Waals surface area contributed by atoms with Crippen molar-refractivity contribution in [2.75, 3.05) is 26.4 Å². The molecule has 0 bridgehead atoms. The highest BCUT2D eigenvalue weighted by Gasteiger charge is 2.23. The summed E-state index contributed by atoms with van der Waals surface area (Å²) in [5, 5.41) is 3.66. The zero-order valence-corrected chi connectivity index (χ0v) is 12.1. The van der Waals surface area contributed by atoms with Gasteiger partial charge in [0.05, 0.1) is 25.9 Å². The van der Waals surface area contributed by atoms with Gasteiger partial charge in [0, 0.05) is 12.6 Å². The molecular weight excluding hydrogens is 250 g/mol. The van der Waals surface area contributed by atoms with Gasteiger partial charge in [-0.05, 0) is 37.2 Å². The van der Waals surface area contributed by atoms with Crippen molar-refractivity contribution in [2.45, 2.75) is 43.7 Å². The minimum atomic E-state index is 0.246. The Balaban J connectivity index is 1.40. The van der Waals surface area contributed by atoms with Gasteiger partial charge in [-0.2, -0.15) is 0 Å². The number of benzene rings is 1. The van der Waals surface area contributed by atoms with E-state index in [0.29, 0.717) is 6.04 Å². The zero-order chi connectivity index (χ0) is 13.6. The van der Waals surface area contributed by atoms with Gasteiger partial charge in [-0.25, -0.2) is 0 Å². The molecular formula is C17H25NO2. The van der Waals surface area contributed by atoms with E-state index in [1.165, 1.54) is 31.2 Å². The number of nitrogens with one attached hydrogen (secondary N) is 1. The van der Waals surface area contributed by atoms with E-state index in [1.807, 2.05) is 0 Å². The van der Waals surface area contributed by atoms with Crippen LogP contribution in [0.15, 0.2) is 30.3 Å². The highest BCUT2D eigenvalue weighted by Crippen LogP contribution is 2.32. The molecule has 0 amide bonds. The van der Waals surface area contributed by atoms with Crippen molar-refractivity contribution in [3.8, 4) is 0 Å². The SMILES string of the molecule is c1ccc(C2CCC(NCC3COCCO3)CC2)cc1. The second-order valence-electron chi connectivity index (χ2n) is 5.94. The second kappa shape index (κ2) is 7.21. The Morgan fingerprint density at radius 3 is 2.50 bits per heavy atom. The minimum absolute atomic E-state index is 0.246. The summed E-state index contributed by atoms with van der Waals surface area (Å²) in [5.41, 5.74) is 1.51. The van der Waals surface area contributed by atoms with Crippen LogP contribution in [0.25, 0.3) is 0 Å². The molecule has 1 atom stereocenters. The summed E-state index contributed by atoms with van der Waals surface area (Å²) in [6.07, 6.45) is 5.38. The molecule has 3 nitrogen and oxygen atoms in total. The maximum absolute atomic E-state index is 5.67. The summed E-state index contributed by atoms with van der Waals surface area (Å²) < 4.78 is 11.1. The number of ether oxygens (including phenoxy) is 2. The van der Waals surface area contributed by atoms with Gasteiger partial charge in [-0.15, -0.1) is 0 Å². The Morgan fingerprint density at radius 1 is 1.00 bits per heavy atom. The summed E-state index contributed by atoms with van der Waals surface area (Å²) in [6.45, 7) is 3.17. The zero-order valence-electron chi connectivity index (χ0n) is 12.1. The topological polar surface area (TPSA) is 30.5 Å². The molecule has 1 saturated heterocycles. The Morgan fingerprint density at radius 2 is 1.80 bits per heavy atom. The van der Waals surface area contributed by atoms with E-state index in [2.05, 4.69) is 35.6 Å². The van der Waals surface area contributed by atoms with Gasteiger partial charge in [0.25, 0.3) is 0 Å². The fourth-order valence-corrected chi connectivity index (χ4v) is 3.31. The number of hydrogen-bond acceptors (Lipinski definition) is 3. The summed E-state index contributed by atoms with van der Waals surface area (Å²) in [4.78, 5) is 0. The molecule has 1 N–H and O–H groups in total. The molecule has 1 aromatic carbocycles. The molecule has 1 aliphatic heterocycles. The number of rotatable bonds is 4. The molecule has 1 heterocycles. The maximum atomic E-state index is 5.67. The third-order valence-electron chi connectivity index (χ3n) is 4.52. The third-order valence-corrected chi connectivity index (χ3v) is 4.52. The second-order valence-corrected chi connectivity index (χ2v) is 5.94. The van der Waals surface area contributed by atoms with Crippen LogP contribution in [0.3, 0.4) is 0 Å². The molecule has 3 heteroatoms. The first kappa shape index (κ1) is 14.1. The lowest BCUT2D eigenvalue weighted by atomic mass is 9.82. The molecule has 1 aliphatic carbocycles. The van der Waals surface area contributed by atoms with Gasteiger partial charge in [-0.3, -0.25) is 0 Å². The van der Waals surface area contributed by atoms with Crippen molar-refractivity contribution in [1.29, 1.82) is 0 Å². The van der Waals surface area contributed by atoms with E-state index in [4.69, 9.17) is 9.47 Å². The molecule has 2 aliphatic rings. The fraction of sp³-hybridized carbons (Fsp3) is 0.647. The van der Waals surface area contributed by atoms with Gasteiger partial charge >= 0.3 is 0 Å². The van der Waals surface area contributed by atoms with E-state index < -0.39 is 0 Å². The van der Waals surface area contributed by atoms with Gasteiger partial charge < -0.3 is 14.8 Å². The quantitative estimate of drug-likeness (QED) is 0.916. The molecule has 2 fully saturated rings. The Bertz CT molecular complexity index is 381. The Hall–Kier alpha value is -0.900. The minimum Gasteiger partial charge on any atom is -0.376 e. The monoisotopic (exact) mass is 275 g/mol. The van der Waals surface area contributed by atoms with Crippen molar-refractivity contribution in [3.05, 3.63) is 35.9 Å². The number of hydrogen-bond donors (Lipinski definition) is 1. The highest BCUT2D eigenvalue weighted by atomic mass is 16.6. The van der Waals surface area contributed by atoms with E-state index in [0.717, 1.165) is 32.3 Å². The van der Waals surface area contributed by atoms with Crippen molar-refractivity contribution in [3.63, 3.8) is 0 Å². The van der Waals surface area contributed by atoms with E-state index in [1.54, 1.807) is 0 Å². The maximum Gasteiger partial charge on any atom is 0.0933 e. The van der Waals surface area contributed by atoms with E-state index in [-0.39, 0.29) is 6.10 Å². The van der Waals surface area contributed by atoms with Crippen LogP contribution in [0.4, 0.5) is 0 Å². The van der Waals surface area contributed by atoms with Crippen LogP contribution in [0, 0.1) is 0 Å². The molecule has 0 radical (unpaired) electrons. The largest absolute Gasteiger partial charge is 0.376 e. The average Bonchev–Trinajstić information content (AvgIpc) is 2.55. The average molecular weight is 275 g/mol. The lowest BCUT2D eigenvalue weighted by Gasteiger charge is -2.31. The normalized spacial score (nSPS) is 31.1. The Kier molecular flexibility index (Phi) is 5.06. The van der Waals surface area contributed by atoms with E-state index in [9.17, 15) is 0 Å². The van der Waals surface area contributed by atoms with Crippen LogP contribution < -0.4 is 5.32 Å². The molecule has 0 spiro atoms. The van der Waals surface area contributed by atoms with Crippen LogP contribution in [0.1, 0.15) is 37.2 Å². The lowest BCUT2D eigenvalue weighted by Crippen LogP contribution is -2.42. The predicted octanol–water partition coefficient (Wildman–Crippen LogP) is 2.72. The smallest absolute Gasteiger partial charge is 0.0933 e. The van der Waals surface area contributed by atoms with Crippen molar-refractivity contribution in [1.82, 2.24) is 5.32 Å². The molecule has 0 aromatic heterocycles. The summed E-state index contributed by atoms with van der Waals surface area (Å²) >= 11 is 0. The summed E-state index contributed by atoms with van der Waals surface area (Å²) in [6, 6.07) is 11.6. The van der Waals surface area contributed by atoms with Crippen LogP contribution in [0.2, 0.25) is 0 Å². The van der Waals surface area contributed by atoms with Crippen LogP contribution in [-0.4, -0.2) is 38.5 Å². The molecule has 3 rings (SSSR count). The van der Waals surface area contributed by atoms with Crippen molar-refractivity contribution in [2.24, 2.45) is 0 Å². The first-order valence-corrected chi connectivity index (χ1v) is 7.89. The highest BCUT2D eigenvalue weighted by molar-refractivity contribution is 5.20. The van der Waals surface area contributed by atoms with Crippen molar-refractivity contribution < 1.29 is 9.47 Å². The molecule has 1 aromatic rings. The summed E-state index contributed by atoms with van der Waals surface area (Å²) in [7, 11) is 0. The predicted molar refractivity (Wildman–Crippen MR) is 80.0 cm³/mol. The fourth-order valence-electron chi connectivity index (χ4n) is 3.31. The van der Waals surface area contributed by atoms with Crippen molar-refractivity contribution >= 4 is 0 Å². The molecule has 1 unspecified atom stereocenters. The van der Waals surface area contributed by atoms with Gasteiger partial charge in [0.2, 0.25) is 0 Å². The van der Waals surface area contributed by atoms with Gasteiger partial charge in [0.15, 0.2) is 0 Å². The molecule has 1 saturated carbocycles. The lowest BCUT2D eigenvalue weighted by molar-refractivity contribution is -0.0873. The summed E-state index contributed by atoms with van der Waals surface area (Å²) in [5.74, 6) is 0.753.